The van der Waals surface area contributed by atoms with Crippen LogP contribution >= 0.6 is 0 Å². The number of amides is 1. The zero-order valence-electron chi connectivity index (χ0n) is 18.1. The first-order chi connectivity index (χ1) is 15.6. The van der Waals surface area contributed by atoms with Crippen LogP contribution in [0.15, 0.2) is 35.7 Å². The second-order valence-corrected chi connectivity index (χ2v) is 9.76. The zero-order chi connectivity index (χ0) is 23.9. The molecule has 33 heavy (non-hydrogen) atoms. The molecule has 174 valence electrons. The highest BCUT2D eigenvalue weighted by atomic mass is 32.2. The van der Waals surface area contributed by atoms with Crippen molar-refractivity contribution < 1.29 is 26.7 Å². The Labute approximate surface area is 189 Å². The van der Waals surface area contributed by atoms with Crippen molar-refractivity contribution in [3.8, 4) is 11.4 Å². The number of benzene rings is 1. The molecule has 3 heterocycles. The van der Waals surface area contributed by atoms with Crippen molar-refractivity contribution >= 4 is 15.7 Å². The number of hydrogen-bond acceptors (Lipinski definition) is 7. The lowest BCUT2D eigenvalue weighted by molar-refractivity contribution is 0.0379. The van der Waals surface area contributed by atoms with E-state index in [2.05, 4.69) is 15.0 Å². The summed E-state index contributed by atoms with van der Waals surface area (Å²) < 4.78 is 57.7. The van der Waals surface area contributed by atoms with E-state index in [4.69, 9.17) is 4.74 Å². The molecule has 1 atom stereocenters. The molecule has 9 nitrogen and oxygen atoms in total. The Morgan fingerprint density at radius 3 is 2.64 bits per heavy atom. The van der Waals surface area contributed by atoms with E-state index in [9.17, 15) is 22.0 Å². The Balaban J connectivity index is 1.72. The number of aromatic nitrogens is 4. The molecule has 0 unspecified atom stereocenters. The minimum atomic E-state index is -3.63. The molecule has 0 saturated heterocycles. The van der Waals surface area contributed by atoms with Gasteiger partial charge in [-0.25, -0.2) is 32.2 Å². The molecule has 0 bridgehead atoms. The van der Waals surface area contributed by atoms with Crippen molar-refractivity contribution in [3.05, 3.63) is 59.2 Å². The Morgan fingerprint density at radius 2 is 1.97 bits per heavy atom. The number of methoxy groups -OCH3 is 1. The number of carbonyl (C=O) groups excluding carboxylic acids is 1. The molecule has 0 spiro atoms. The van der Waals surface area contributed by atoms with E-state index in [1.165, 1.54) is 24.3 Å². The minimum Gasteiger partial charge on any atom is -0.382 e. The summed E-state index contributed by atoms with van der Waals surface area (Å²) in [6, 6.07) is 3.10. The van der Waals surface area contributed by atoms with E-state index >= 15 is 0 Å². The van der Waals surface area contributed by atoms with Gasteiger partial charge in [-0.05, 0) is 30.2 Å². The van der Waals surface area contributed by atoms with E-state index in [0.29, 0.717) is 29.1 Å². The molecule has 0 radical (unpaired) electrons. The highest BCUT2D eigenvalue weighted by Gasteiger charge is 2.35. The van der Waals surface area contributed by atoms with Gasteiger partial charge in [0.15, 0.2) is 17.5 Å². The molecule has 2 aromatic heterocycles. The van der Waals surface area contributed by atoms with Crippen LogP contribution in [-0.2, 0) is 27.7 Å². The lowest BCUT2D eigenvalue weighted by atomic mass is 10.1. The van der Waals surface area contributed by atoms with Gasteiger partial charge in [-0.1, -0.05) is 6.07 Å². The van der Waals surface area contributed by atoms with Gasteiger partial charge < -0.3 is 14.2 Å². The highest BCUT2D eigenvalue weighted by molar-refractivity contribution is 7.90. The number of imidazole rings is 1. The summed E-state index contributed by atoms with van der Waals surface area (Å²) in [5.41, 5.74) is 1.65. The van der Waals surface area contributed by atoms with Gasteiger partial charge in [-0.2, -0.15) is 0 Å². The third kappa shape index (κ3) is 4.48. The van der Waals surface area contributed by atoms with Crippen LogP contribution in [0.5, 0.6) is 0 Å². The second kappa shape index (κ2) is 8.60. The topological polar surface area (TPSA) is 107 Å². The number of sulfone groups is 1. The number of fused-ring (bicyclic) bond motifs is 1. The fraction of sp³-hybridized carbons (Fsp3) is 0.333. The molecule has 1 aliphatic heterocycles. The van der Waals surface area contributed by atoms with Crippen LogP contribution in [0.4, 0.5) is 8.78 Å². The van der Waals surface area contributed by atoms with Gasteiger partial charge in [0.05, 0.1) is 18.3 Å². The van der Waals surface area contributed by atoms with E-state index < -0.39 is 27.4 Å². The highest BCUT2D eigenvalue weighted by Crippen LogP contribution is 2.26. The molecule has 0 N–H and O–H groups in total. The summed E-state index contributed by atoms with van der Waals surface area (Å²) in [7, 11) is -2.13. The standard InChI is InChI=1S/C21H21F2N5O4S/c1-12-7-24-21(33(3,30)31)26-18(12)17-10-27-9-14(11-32-2)28(20(29)19(27)25-17)8-13-4-5-15(22)16(23)6-13/h4-7,10,14H,8-9,11H2,1-3H3/t14-/m1/s1. The molecule has 4 rings (SSSR count). The van der Waals surface area contributed by atoms with Crippen molar-refractivity contribution in [3.63, 3.8) is 0 Å². The third-order valence-corrected chi connectivity index (χ3v) is 6.16. The molecule has 1 aromatic carbocycles. The predicted molar refractivity (Wildman–Crippen MR) is 113 cm³/mol. The molecular formula is C21H21F2N5O4S. The third-order valence-electron chi connectivity index (χ3n) is 5.30. The van der Waals surface area contributed by atoms with Crippen LogP contribution in [-0.4, -0.2) is 64.8 Å². The van der Waals surface area contributed by atoms with Crippen LogP contribution < -0.4 is 0 Å². The van der Waals surface area contributed by atoms with E-state index in [0.717, 1.165) is 18.4 Å². The first kappa shape index (κ1) is 22.9. The smallest absolute Gasteiger partial charge is 0.290 e. The average molecular weight is 477 g/mol. The van der Waals surface area contributed by atoms with Gasteiger partial charge in [0.2, 0.25) is 15.0 Å². The minimum absolute atomic E-state index is 0.0387. The van der Waals surface area contributed by atoms with Crippen molar-refractivity contribution in [2.45, 2.75) is 31.2 Å². The van der Waals surface area contributed by atoms with E-state index in [1.54, 1.807) is 17.7 Å². The molecule has 1 amide bonds. The number of ether oxygens (including phenoxy) is 1. The second-order valence-electron chi connectivity index (χ2n) is 7.85. The summed E-state index contributed by atoms with van der Waals surface area (Å²) in [6.45, 7) is 2.31. The summed E-state index contributed by atoms with van der Waals surface area (Å²) >= 11 is 0. The Hall–Kier alpha value is -3.25. The maximum atomic E-state index is 13.7. The molecule has 0 fully saturated rings. The van der Waals surface area contributed by atoms with Crippen molar-refractivity contribution in [1.29, 1.82) is 0 Å². The maximum absolute atomic E-state index is 13.7. The Kier molecular flexibility index (Phi) is 5.97. The van der Waals surface area contributed by atoms with Crippen LogP contribution in [0.2, 0.25) is 0 Å². The van der Waals surface area contributed by atoms with Crippen LogP contribution in [0.25, 0.3) is 11.4 Å². The fourth-order valence-corrected chi connectivity index (χ4v) is 4.20. The lowest BCUT2D eigenvalue weighted by Gasteiger charge is -2.35. The number of carbonyl (C=O) groups is 1. The molecular weight excluding hydrogens is 456 g/mol. The van der Waals surface area contributed by atoms with Crippen molar-refractivity contribution in [2.24, 2.45) is 0 Å². The van der Waals surface area contributed by atoms with E-state index in [-0.39, 0.29) is 30.2 Å². The van der Waals surface area contributed by atoms with E-state index in [1.807, 2.05) is 0 Å². The predicted octanol–water partition coefficient (Wildman–Crippen LogP) is 2.00. The van der Waals surface area contributed by atoms with Crippen LogP contribution in [0, 0.1) is 18.6 Å². The number of nitrogens with zero attached hydrogens (tertiary/aromatic N) is 5. The zero-order valence-corrected chi connectivity index (χ0v) is 18.9. The summed E-state index contributed by atoms with van der Waals surface area (Å²) in [6.07, 6.45) is 4.03. The van der Waals surface area contributed by atoms with Gasteiger partial charge in [0.25, 0.3) is 5.91 Å². The van der Waals surface area contributed by atoms with Crippen molar-refractivity contribution in [2.75, 3.05) is 20.0 Å². The monoisotopic (exact) mass is 477 g/mol. The molecule has 0 aliphatic carbocycles. The lowest BCUT2D eigenvalue weighted by Crippen LogP contribution is -2.49. The largest absolute Gasteiger partial charge is 0.382 e. The molecule has 3 aromatic rings. The first-order valence-corrected chi connectivity index (χ1v) is 11.8. The maximum Gasteiger partial charge on any atom is 0.290 e. The first-order valence-electron chi connectivity index (χ1n) is 9.93. The molecule has 12 heteroatoms. The number of hydrogen-bond donors (Lipinski definition) is 0. The fourth-order valence-electron chi connectivity index (χ4n) is 3.69. The summed E-state index contributed by atoms with van der Waals surface area (Å²) in [4.78, 5) is 27.2. The molecule has 0 saturated carbocycles. The Morgan fingerprint density at radius 1 is 1.21 bits per heavy atom. The SMILES string of the molecule is COC[C@H]1Cn2cc(-c3nc(S(C)(=O)=O)ncc3C)nc2C(=O)N1Cc1ccc(F)c(F)c1. The van der Waals surface area contributed by atoms with Gasteiger partial charge in [0, 0.05) is 38.8 Å². The number of halogens is 2. The van der Waals surface area contributed by atoms with Crippen molar-refractivity contribution in [1.82, 2.24) is 24.4 Å². The van der Waals surface area contributed by atoms with Crippen LogP contribution in [0.3, 0.4) is 0 Å². The number of rotatable bonds is 6. The van der Waals surface area contributed by atoms with Gasteiger partial charge in [0.1, 0.15) is 5.69 Å². The normalized spacial score (nSPS) is 16.2. The Bertz CT molecular complexity index is 1340. The van der Waals surface area contributed by atoms with Gasteiger partial charge >= 0.3 is 0 Å². The van der Waals surface area contributed by atoms with Gasteiger partial charge in [-0.15, -0.1) is 0 Å². The van der Waals surface area contributed by atoms with Crippen LogP contribution in [0.1, 0.15) is 21.7 Å². The van der Waals surface area contributed by atoms with Gasteiger partial charge in [-0.3, -0.25) is 4.79 Å². The number of aryl methyl sites for hydroxylation is 1. The molecule has 1 aliphatic rings. The summed E-state index contributed by atoms with van der Waals surface area (Å²) in [5, 5.41) is -0.336. The average Bonchev–Trinajstić information content (AvgIpc) is 3.17. The quantitative estimate of drug-likeness (QED) is 0.500. The summed E-state index contributed by atoms with van der Waals surface area (Å²) in [5.74, 6) is -2.26.